The maximum Gasteiger partial charge on any atom is 0.0625 e. The van der Waals surface area contributed by atoms with Gasteiger partial charge in [-0.3, -0.25) is 4.68 Å². The fraction of sp³-hybridized carbons (Fsp3) is 0.600. The molecule has 0 saturated carbocycles. The molecule has 1 heterocycles. The summed E-state index contributed by atoms with van der Waals surface area (Å²) >= 11 is 0. The van der Waals surface area contributed by atoms with Crippen molar-refractivity contribution in [1.29, 1.82) is 5.26 Å². The van der Waals surface area contributed by atoms with Gasteiger partial charge in [0.25, 0.3) is 0 Å². The van der Waals surface area contributed by atoms with Crippen LogP contribution >= 0.6 is 0 Å². The second-order valence-corrected chi connectivity index (χ2v) is 3.62. The molecule has 1 rings (SSSR count). The molecule has 0 aliphatic rings. The third kappa shape index (κ3) is 3.29. The number of hydrogen-bond acceptors (Lipinski definition) is 2. The first-order valence-corrected chi connectivity index (χ1v) is 4.60. The van der Waals surface area contributed by atoms with E-state index in [-0.39, 0.29) is 0 Å². The summed E-state index contributed by atoms with van der Waals surface area (Å²) in [6.45, 7) is 5.28. The van der Waals surface area contributed by atoms with Gasteiger partial charge in [-0.2, -0.15) is 10.4 Å². The lowest BCUT2D eigenvalue weighted by Crippen LogP contribution is -2.04. The molecule has 70 valence electrons. The highest BCUT2D eigenvalue weighted by Gasteiger charge is 1.99. The summed E-state index contributed by atoms with van der Waals surface area (Å²) in [6, 6.07) is 2.13. The largest absolute Gasteiger partial charge is 0.272 e. The Labute approximate surface area is 79.0 Å². The van der Waals surface area contributed by atoms with E-state index in [4.69, 9.17) is 5.26 Å². The molecule has 0 aliphatic carbocycles. The van der Waals surface area contributed by atoms with Gasteiger partial charge in [0.05, 0.1) is 12.3 Å². The molecule has 1 aromatic rings. The molecule has 0 spiro atoms. The van der Waals surface area contributed by atoms with Crippen LogP contribution in [0.15, 0.2) is 12.4 Å². The van der Waals surface area contributed by atoms with E-state index in [0.29, 0.717) is 12.3 Å². The van der Waals surface area contributed by atoms with Crippen molar-refractivity contribution in [3.8, 4) is 6.07 Å². The van der Waals surface area contributed by atoms with Gasteiger partial charge in [0.2, 0.25) is 0 Å². The van der Waals surface area contributed by atoms with Gasteiger partial charge in [0.1, 0.15) is 0 Å². The minimum Gasteiger partial charge on any atom is -0.272 e. The SMILES string of the molecule is CC(C)Cn1cc(CCC#N)cn1. The number of aryl methyl sites for hydroxylation is 1. The molecule has 0 N–H and O–H groups in total. The zero-order valence-corrected chi connectivity index (χ0v) is 8.20. The molecule has 0 unspecified atom stereocenters. The van der Waals surface area contributed by atoms with Crippen LogP contribution in [0.2, 0.25) is 0 Å². The first-order chi connectivity index (χ1) is 6.22. The van der Waals surface area contributed by atoms with Crippen molar-refractivity contribution in [2.75, 3.05) is 0 Å². The van der Waals surface area contributed by atoms with Crippen molar-refractivity contribution >= 4 is 0 Å². The highest BCUT2D eigenvalue weighted by atomic mass is 15.3. The van der Waals surface area contributed by atoms with Crippen molar-refractivity contribution in [3.63, 3.8) is 0 Å². The Morgan fingerprint density at radius 3 is 3.00 bits per heavy atom. The Hall–Kier alpha value is -1.30. The Morgan fingerprint density at radius 1 is 1.62 bits per heavy atom. The van der Waals surface area contributed by atoms with Crippen LogP contribution in [-0.2, 0) is 13.0 Å². The lowest BCUT2D eigenvalue weighted by atomic mass is 10.2. The van der Waals surface area contributed by atoms with Gasteiger partial charge in [-0.05, 0) is 17.9 Å². The first kappa shape index (κ1) is 9.79. The van der Waals surface area contributed by atoms with Crippen molar-refractivity contribution < 1.29 is 0 Å². The van der Waals surface area contributed by atoms with E-state index in [0.717, 1.165) is 18.5 Å². The maximum absolute atomic E-state index is 8.40. The van der Waals surface area contributed by atoms with Gasteiger partial charge in [0, 0.05) is 19.2 Å². The van der Waals surface area contributed by atoms with Gasteiger partial charge in [-0.25, -0.2) is 0 Å². The maximum atomic E-state index is 8.40. The summed E-state index contributed by atoms with van der Waals surface area (Å²) in [5.74, 6) is 0.615. The monoisotopic (exact) mass is 177 g/mol. The average Bonchev–Trinajstić information content (AvgIpc) is 2.48. The van der Waals surface area contributed by atoms with E-state index in [9.17, 15) is 0 Å². The number of rotatable bonds is 4. The predicted molar refractivity (Wildman–Crippen MR) is 51.0 cm³/mol. The summed E-state index contributed by atoms with van der Waals surface area (Å²) in [5, 5.41) is 12.6. The van der Waals surface area contributed by atoms with E-state index in [1.807, 2.05) is 17.1 Å². The molecule has 13 heavy (non-hydrogen) atoms. The molecule has 0 saturated heterocycles. The fourth-order valence-electron chi connectivity index (χ4n) is 1.21. The summed E-state index contributed by atoms with van der Waals surface area (Å²) < 4.78 is 1.94. The van der Waals surface area contributed by atoms with Crippen LogP contribution in [0, 0.1) is 17.2 Å². The summed E-state index contributed by atoms with van der Waals surface area (Å²) in [4.78, 5) is 0. The highest BCUT2D eigenvalue weighted by molar-refractivity contribution is 5.05. The zero-order valence-electron chi connectivity index (χ0n) is 8.20. The van der Waals surface area contributed by atoms with Crippen LogP contribution in [0.5, 0.6) is 0 Å². The van der Waals surface area contributed by atoms with Gasteiger partial charge in [0.15, 0.2) is 0 Å². The second kappa shape index (κ2) is 4.66. The minimum atomic E-state index is 0.577. The average molecular weight is 177 g/mol. The molecule has 0 aromatic carbocycles. The molecular weight excluding hydrogens is 162 g/mol. The molecule has 0 radical (unpaired) electrons. The van der Waals surface area contributed by atoms with E-state index in [1.165, 1.54) is 0 Å². The first-order valence-electron chi connectivity index (χ1n) is 4.60. The normalized spacial score (nSPS) is 10.3. The lowest BCUT2D eigenvalue weighted by molar-refractivity contribution is 0.483. The lowest BCUT2D eigenvalue weighted by Gasteiger charge is -2.03. The Kier molecular flexibility index (Phi) is 3.51. The highest BCUT2D eigenvalue weighted by Crippen LogP contribution is 2.03. The third-order valence-corrected chi connectivity index (χ3v) is 1.76. The topological polar surface area (TPSA) is 41.6 Å². The molecule has 0 amide bonds. The van der Waals surface area contributed by atoms with Crippen LogP contribution in [0.3, 0.4) is 0 Å². The smallest absolute Gasteiger partial charge is 0.0625 e. The van der Waals surface area contributed by atoms with Crippen LogP contribution in [0.4, 0.5) is 0 Å². The van der Waals surface area contributed by atoms with E-state index in [2.05, 4.69) is 25.0 Å². The molecule has 0 atom stereocenters. The number of nitriles is 1. The number of aromatic nitrogens is 2. The quantitative estimate of drug-likeness (QED) is 0.705. The Bertz CT molecular complexity index is 293. The fourth-order valence-corrected chi connectivity index (χ4v) is 1.21. The van der Waals surface area contributed by atoms with Gasteiger partial charge in [-0.15, -0.1) is 0 Å². The molecule has 0 aliphatic heterocycles. The predicted octanol–water partition coefficient (Wildman–Crippen LogP) is 2.00. The van der Waals surface area contributed by atoms with Gasteiger partial charge in [-0.1, -0.05) is 13.8 Å². The van der Waals surface area contributed by atoms with E-state index >= 15 is 0 Å². The number of hydrogen-bond donors (Lipinski definition) is 0. The molecule has 0 fully saturated rings. The third-order valence-electron chi connectivity index (χ3n) is 1.76. The van der Waals surface area contributed by atoms with Crippen molar-refractivity contribution in [1.82, 2.24) is 9.78 Å². The van der Waals surface area contributed by atoms with Crippen molar-refractivity contribution in [3.05, 3.63) is 18.0 Å². The number of nitrogens with zero attached hydrogens (tertiary/aromatic N) is 3. The molecule has 3 nitrogen and oxygen atoms in total. The van der Waals surface area contributed by atoms with Crippen LogP contribution in [-0.4, -0.2) is 9.78 Å². The molecular formula is C10H15N3. The van der Waals surface area contributed by atoms with Crippen LogP contribution in [0.25, 0.3) is 0 Å². The van der Waals surface area contributed by atoms with Crippen LogP contribution in [0.1, 0.15) is 25.8 Å². The molecule has 0 bridgehead atoms. The van der Waals surface area contributed by atoms with E-state index < -0.39 is 0 Å². The second-order valence-electron chi connectivity index (χ2n) is 3.62. The zero-order chi connectivity index (χ0) is 9.68. The summed E-state index contributed by atoms with van der Waals surface area (Å²) in [5.41, 5.74) is 1.15. The van der Waals surface area contributed by atoms with Crippen molar-refractivity contribution in [2.24, 2.45) is 5.92 Å². The standard InChI is InChI=1S/C10H15N3/c1-9(2)7-13-8-10(6-12-13)4-3-5-11/h6,8-9H,3-4,7H2,1-2H3. The Balaban J connectivity index is 2.49. The molecule has 1 aromatic heterocycles. The van der Waals surface area contributed by atoms with Crippen molar-refractivity contribution in [2.45, 2.75) is 33.2 Å². The van der Waals surface area contributed by atoms with Crippen LogP contribution < -0.4 is 0 Å². The van der Waals surface area contributed by atoms with Gasteiger partial charge >= 0.3 is 0 Å². The van der Waals surface area contributed by atoms with E-state index in [1.54, 1.807) is 0 Å². The summed E-state index contributed by atoms with van der Waals surface area (Å²) in [6.07, 6.45) is 5.26. The Morgan fingerprint density at radius 2 is 2.38 bits per heavy atom. The molecule has 3 heteroatoms. The summed E-state index contributed by atoms with van der Waals surface area (Å²) in [7, 11) is 0. The van der Waals surface area contributed by atoms with Gasteiger partial charge < -0.3 is 0 Å². The minimum absolute atomic E-state index is 0.577.